The number of hydrogen-bond acceptors (Lipinski definition) is 4. The Hall–Kier alpha value is -2.08. The molecule has 3 N–H and O–H groups in total. The molecule has 6 nitrogen and oxygen atoms in total. The highest BCUT2D eigenvalue weighted by atomic mass is 16.5. The van der Waals surface area contributed by atoms with Gasteiger partial charge in [0.15, 0.2) is 6.10 Å². The van der Waals surface area contributed by atoms with Crippen LogP contribution in [0.25, 0.3) is 0 Å². The van der Waals surface area contributed by atoms with Crippen LogP contribution in [0.3, 0.4) is 0 Å². The first-order valence-electron chi connectivity index (χ1n) is 7.18. The van der Waals surface area contributed by atoms with Gasteiger partial charge in [-0.25, -0.2) is 0 Å². The molecule has 0 aliphatic carbocycles. The normalized spacial score (nSPS) is 27.5. The first kappa shape index (κ1) is 13.9. The SMILES string of the molecule is CC1Oc2ccc(NC(=O)[C@@H]3CNC[C@H]3C)cc2NC1=O. The number of hydrogen-bond donors (Lipinski definition) is 3. The van der Waals surface area contributed by atoms with Crippen molar-refractivity contribution in [2.75, 3.05) is 23.7 Å². The van der Waals surface area contributed by atoms with Crippen molar-refractivity contribution < 1.29 is 14.3 Å². The van der Waals surface area contributed by atoms with Crippen LogP contribution in [0.15, 0.2) is 18.2 Å². The highest BCUT2D eigenvalue weighted by Crippen LogP contribution is 2.32. The van der Waals surface area contributed by atoms with E-state index in [-0.39, 0.29) is 17.7 Å². The lowest BCUT2D eigenvalue weighted by Crippen LogP contribution is -2.34. The molecule has 0 saturated carbocycles. The highest BCUT2D eigenvalue weighted by Gasteiger charge is 2.30. The minimum Gasteiger partial charge on any atom is -0.479 e. The number of amides is 2. The van der Waals surface area contributed by atoms with Gasteiger partial charge in [-0.2, -0.15) is 0 Å². The number of anilines is 2. The fourth-order valence-corrected chi connectivity index (χ4v) is 2.68. The summed E-state index contributed by atoms with van der Waals surface area (Å²) in [5.41, 5.74) is 1.25. The van der Waals surface area contributed by atoms with Crippen LogP contribution in [-0.2, 0) is 9.59 Å². The summed E-state index contributed by atoms with van der Waals surface area (Å²) in [6.07, 6.45) is -0.497. The lowest BCUT2D eigenvalue weighted by atomic mass is 9.97. The van der Waals surface area contributed by atoms with Crippen LogP contribution in [0.5, 0.6) is 5.75 Å². The lowest BCUT2D eigenvalue weighted by Gasteiger charge is -2.24. The van der Waals surface area contributed by atoms with Crippen molar-refractivity contribution in [3.05, 3.63) is 18.2 Å². The molecule has 112 valence electrons. The standard InChI is InChI=1S/C15H19N3O3/c1-8-6-16-7-11(8)15(20)17-10-3-4-13-12(5-10)18-14(19)9(2)21-13/h3-5,8-9,11,16H,6-7H2,1-2H3,(H,17,20)(H,18,19)/t8-,9?,11-/m1/s1. The second-order valence-electron chi connectivity index (χ2n) is 5.69. The van der Waals surface area contributed by atoms with E-state index in [1.165, 1.54) is 0 Å². The van der Waals surface area contributed by atoms with E-state index in [2.05, 4.69) is 22.9 Å². The maximum Gasteiger partial charge on any atom is 0.265 e. The smallest absolute Gasteiger partial charge is 0.265 e. The maximum absolute atomic E-state index is 12.2. The summed E-state index contributed by atoms with van der Waals surface area (Å²) in [5.74, 6) is 0.748. The van der Waals surface area contributed by atoms with Crippen molar-refractivity contribution in [2.45, 2.75) is 20.0 Å². The average Bonchev–Trinajstić information content (AvgIpc) is 2.87. The van der Waals surface area contributed by atoms with E-state index in [9.17, 15) is 9.59 Å². The van der Waals surface area contributed by atoms with Crippen LogP contribution in [0.2, 0.25) is 0 Å². The molecule has 1 saturated heterocycles. The minimum atomic E-state index is -0.497. The van der Waals surface area contributed by atoms with E-state index >= 15 is 0 Å². The molecule has 2 aliphatic rings. The van der Waals surface area contributed by atoms with Gasteiger partial charge in [0.25, 0.3) is 5.91 Å². The van der Waals surface area contributed by atoms with E-state index in [0.29, 0.717) is 29.6 Å². The Morgan fingerprint density at radius 2 is 2.14 bits per heavy atom. The lowest BCUT2D eigenvalue weighted by molar-refractivity contribution is -0.122. The van der Waals surface area contributed by atoms with Gasteiger partial charge in [-0.1, -0.05) is 6.92 Å². The molecule has 6 heteroatoms. The van der Waals surface area contributed by atoms with Gasteiger partial charge in [0.1, 0.15) is 5.75 Å². The van der Waals surface area contributed by atoms with Gasteiger partial charge in [-0.15, -0.1) is 0 Å². The molecule has 0 aromatic heterocycles. The third-order valence-electron chi connectivity index (χ3n) is 4.03. The van der Waals surface area contributed by atoms with E-state index in [1.807, 2.05) is 0 Å². The topological polar surface area (TPSA) is 79.5 Å². The molecular weight excluding hydrogens is 270 g/mol. The summed E-state index contributed by atoms with van der Waals surface area (Å²) in [4.78, 5) is 23.9. The number of ether oxygens (including phenoxy) is 1. The van der Waals surface area contributed by atoms with Crippen molar-refractivity contribution in [2.24, 2.45) is 11.8 Å². The molecule has 3 rings (SSSR count). The number of benzene rings is 1. The largest absolute Gasteiger partial charge is 0.479 e. The second kappa shape index (κ2) is 5.37. The molecule has 2 amide bonds. The Labute approximate surface area is 123 Å². The van der Waals surface area contributed by atoms with Crippen molar-refractivity contribution in [3.8, 4) is 5.75 Å². The molecule has 1 fully saturated rings. The molecular formula is C15H19N3O3. The van der Waals surface area contributed by atoms with Crippen LogP contribution < -0.4 is 20.7 Å². The molecule has 0 bridgehead atoms. The number of carbonyl (C=O) groups is 2. The Balaban J connectivity index is 1.74. The molecule has 1 aromatic carbocycles. The van der Waals surface area contributed by atoms with Crippen LogP contribution in [-0.4, -0.2) is 31.0 Å². The van der Waals surface area contributed by atoms with Gasteiger partial charge in [0, 0.05) is 12.2 Å². The van der Waals surface area contributed by atoms with E-state index in [4.69, 9.17) is 4.74 Å². The van der Waals surface area contributed by atoms with Crippen molar-refractivity contribution >= 4 is 23.2 Å². The Bertz CT molecular complexity index is 588. The van der Waals surface area contributed by atoms with Gasteiger partial charge >= 0.3 is 0 Å². The van der Waals surface area contributed by atoms with E-state index in [0.717, 1.165) is 6.54 Å². The Morgan fingerprint density at radius 3 is 2.86 bits per heavy atom. The predicted molar refractivity (Wildman–Crippen MR) is 79.3 cm³/mol. The molecule has 3 atom stereocenters. The summed E-state index contributed by atoms with van der Waals surface area (Å²) in [7, 11) is 0. The van der Waals surface area contributed by atoms with E-state index < -0.39 is 6.10 Å². The molecule has 21 heavy (non-hydrogen) atoms. The zero-order valence-corrected chi connectivity index (χ0v) is 12.1. The van der Waals surface area contributed by atoms with Gasteiger partial charge in [-0.3, -0.25) is 9.59 Å². The number of fused-ring (bicyclic) bond motifs is 1. The fraction of sp³-hybridized carbons (Fsp3) is 0.467. The summed E-state index contributed by atoms with van der Waals surface area (Å²) >= 11 is 0. The zero-order chi connectivity index (χ0) is 15.0. The third-order valence-corrected chi connectivity index (χ3v) is 4.03. The minimum absolute atomic E-state index is 0.00359. The summed E-state index contributed by atoms with van der Waals surface area (Å²) < 4.78 is 5.49. The monoisotopic (exact) mass is 289 g/mol. The predicted octanol–water partition coefficient (Wildman–Crippen LogP) is 1.20. The maximum atomic E-state index is 12.2. The summed E-state index contributed by atoms with van der Waals surface area (Å²) in [6, 6.07) is 5.27. The number of rotatable bonds is 2. The fourth-order valence-electron chi connectivity index (χ4n) is 2.68. The first-order chi connectivity index (χ1) is 10.0. The molecule has 1 aromatic rings. The first-order valence-corrected chi connectivity index (χ1v) is 7.18. The molecule has 1 unspecified atom stereocenters. The highest BCUT2D eigenvalue weighted by molar-refractivity contribution is 5.99. The Kier molecular flexibility index (Phi) is 3.55. The van der Waals surface area contributed by atoms with Gasteiger partial charge in [-0.05, 0) is 37.6 Å². The number of carbonyl (C=O) groups excluding carboxylic acids is 2. The zero-order valence-electron chi connectivity index (χ0n) is 12.1. The van der Waals surface area contributed by atoms with Crippen LogP contribution in [0.1, 0.15) is 13.8 Å². The third kappa shape index (κ3) is 2.71. The van der Waals surface area contributed by atoms with E-state index in [1.54, 1.807) is 25.1 Å². The van der Waals surface area contributed by atoms with Gasteiger partial charge in [0.05, 0.1) is 11.6 Å². The van der Waals surface area contributed by atoms with Crippen LogP contribution in [0, 0.1) is 11.8 Å². The summed E-state index contributed by atoms with van der Waals surface area (Å²) in [6.45, 7) is 5.33. The van der Waals surface area contributed by atoms with Gasteiger partial charge in [0.2, 0.25) is 5.91 Å². The number of nitrogens with one attached hydrogen (secondary N) is 3. The summed E-state index contributed by atoms with van der Waals surface area (Å²) in [5, 5.41) is 8.89. The Morgan fingerprint density at radius 1 is 1.33 bits per heavy atom. The molecule has 2 aliphatic heterocycles. The average molecular weight is 289 g/mol. The van der Waals surface area contributed by atoms with Crippen molar-refractivity contribution in [3.63, 3.8) is 0 Å². The van der Waals surface area contributed by atoms with Crippen molar-refractivity contribution in [1.29, 1.82) is 0 Å². The quantitative estimate of drug-likeness (QED) is 0.764. The second-order valence-corrected chi connectivity index (χ2v) is 5.69. The van der Waals surface area contributed by atoms with Crippen LogP contribution >= 0.6 is 0 Å². The van der Waals surface area contributed by atoms with Crippen molar-refractivity contribution in [1.82, 2.24) is 5.32 Å². The van der Waals surface area contributed by atoms with Gasteiger partial charge < -0.3 is 20.7 Å². The molecule has 0 radical (unpaired) electrons. The molecule has 2 heterocycles. The molecule has 0 spiro atoms. The van der Waals surface area contributed by atoms with Crippen LogP contribution in [0.4, 0.5) is 11.4 Å².